The van der Waals surface area contributed by atoms with E-state index >= 15 is 0 Å². The largest absolute Gasteiger partial charge is 0.478 e. The first-order valence-electron chi connectivity index (χ1n) is 15.6. The first kappa shape index (κ1) is 30.3. The molecule has 3 aliphatic rings. The summed E-state index contributed by atoms with van der Waals surface area (Å²) in [6.45, 7) is 0.0769. The second-order valence-electron chi connectivity index (χ2n) is 12.3. The van der Waals surface area contributed by atoms with E-state index in [9.17, 15) is 19.5 Å². The van der Waals surface area contributed by atoms with E-state index < -0.39 is 35.4 Å². The van der Waals surface area contributed by atoms with E-state index in [1.807, 2.05) is 97.1 Å². The standard InChI is InChI=1S/C39H34N2O6/c40-34(37(44)46-21-32-28-13-5-1-9-24(28)25-10-2-6-14-29(25)32)39(19-17-23(18-20-39)36(42)43)35(41)38(45)47-22-33-30-15-7-3-11-26(30)27-12-4-8-16-31(27)33/h1-19,32-35H,20-22,40-41H2,(H,42,43). The van der Waals surface area contributed by atoms with Crippen LogP contribution < -0.4 is 11.5 Å². The molecule has 0 fully saturated rings. The third kappa shape index (κ3) is 5.16. The van der Waals surface area contributed by atoms with Gasteiger partial charge in [-0.15, -0.1) is 0 Å². The molecule has 8 heteroatoms. The van der Waals surface area contributed by atoms with Gasteiger partial charge in [0, 0.05) is 17.3 Å². The van der Waals surface area contributed by atoms with Crippen LogP contribution in [-0.2, 0) is 23.9 Å². The lowest BCUT2D eigenvalue weighted by molar-refractivity contribution is -0.153. The number of carboxylic acids is 1. The maximum absolute atomic E-state index is 13.7. The molecule has 47 heavy (non-hydrogen) atoms. The number of esters is 2. The van der Waals surface area contributed by atoms with Crippen LogP contribution in [-0.4, -0.2) is 48.3 Å². The van der Waals surface area contributed by atoms with E-state index in [0.717, 1.165) is 44.5 Å². The quantitative estimate of drug-likeness (QED) is 0.212. The average molecular weight is 627 g/mol. The number of rotatable bonds is 9. The first-order chi connectivity index (χ1) is 22.8. The number of allylic oxidation sites excluding steroid dienone is 1. The molecular weight excluding hydrogens is 592 g/mol. The predicted octanol–water partition coefficient (Wildman–Crippen LogP) is 5.31. The summed E-state index contributed by atoms with van der Waals surface area (Å²) >= 11 is 0. The number of ether oxygens (including phenoxy) is 2. The lowest BCUT2D eigenvalue weighted by Gasteiger charge is -2.39. The number of carbonyl (C=O) groups is 3. The van der Waals surface area contributed by atoms with Crippen molar-refractivity contribution in [3.8, 4) is 22.3 Å². The predicted molar refractivity (Wildman–Crippen MR) is 177 cm³/mol. The summed E-state index contributed by atoms with van der Waals surface area (Å²) in [5, 5.41) is 9.57. The van der Waals surface area contributed by atoms with E-state index in [4.69, 9.17) is 20.9 Å². The second kappa shape index (κ2) is 12.1. The molecule has 0 aromatic heterocycles. The van der Waals surface area contributed by atoms with Gasteiger partial charge < -0.3 is 26.0 Å². The summed E-state index contributed by atoms with van der Waals surface area (Å²) in [7, 11) is 0. The minimum Gasteiger partial charge on any atom is -0.478 e. The molecule has 0 spiro atoms. The number of aliphatic carboxylic acids is 1. The van der Waals surface area contributed by atoms with Crippen LogP contribution in [0.1, 0.15) is 40.5 Å². The summed E-state index contributed by atoms with van der Waals surface area (Å²) < 4.78 is 11.7. The van der Waals surface area contributed by atoms with Gasteiger partial charge in [-0.3, -0.25) is 9.59 Å². The zero-order valence-electron chi connectivity index (χ0n) is 25.5. The number of nitrogens with two attached hydrogens (primary N) is 2. The normalized spacial score (nSPS) is 19.1. The fraction of sp³-hybridized carbons (Fsp3) is 0.205. The van der Waals surface area contributed by atoms with Gasteiger partial charge in [-0.2, -0.15) is 0 Å². The molecule has 2 atom stereocenters. The van der Waals surface area contributed by atoms with Crippen LogP contribution in [0.2, 0.25) is 0 Å². The molecule has 7 rings (SSSR count). The fourth-order valence-electron chi connectivity index (χ4n) is 7.31. The molecule has 0 saturated heterocycles. The molecule has 236 valence electrons. The molecule has 5 N–H and O–H groups in total. The summed E-state index contributed by atoms with van der Waals surface area (Å²) in [5.41, 5.74) is 20.3. The zero-order valence-corrected chi connectivity index (χ0v) is 25.5. The molecule has 0 aliphatic heterocycles. The SMILES string of the molecule is NC(C(=O)OCC1c2ccccc2-c2ccccc21)C1(C(N)C(=O)OCC2c3ccccc3-c3ccccc32)C=CC(C(=O)O)=CC1. The monoisotopic (exact) mass is 626 g/mol. The van der Waals surface area contributed by atoms with Crippen molar-refractivity contribution in [3.05, 3.63) is 143 Å². The van der Waals surface area contributed by atoms with E-state index in [2.05, 4.69) is 0 Å². The van der Waals surface area contributed by atoms with Gasteiger partial charge in [-0.1, -0.05) is 115 Å². The van der Waals surface area contributed by atoms with Crippen molar-refractivity contribution in [2.75, 3.05) is 13.2 Å². The van der Waals surface area contributed by atoms with Crippen molar-refractivity contribution in [1.82, 2.24) is 0 Å². The van der Waals surface area contributed by atoms with Crippen molar-refractivity contribution in [1.29, 1.82) is 0 Å². The molecule has 0 bridgehead atoms. The Balaban J connectivity index is 1.11. The van der Waals surface area contributed by atoms with Crippen molar-refractivity contribution < 1.29 is 29.0 Å². The van der Waals surface area contributed by atoms with Gasteiger partial charge in [-0.05, 0) is 50.9 Å². The summed E-state index contributed by atoms with van der Waals surface area (Å²) in [4.78, 5) is 39.1. The third-order valence-corrected chi connectivity index (χ3v) is 9.87. The Morgan fingerprint density at radius 1 is 0.660 bits per heavy atom. The Labute approximate surface area is 272 Å². The van der Waals surface area contributed by atoms with Crippen molar-refractivity contribution in [3.63, 3.8) is 0 Å². The summed E-state index contributed by atoms with van der Waals surface area (Å²) in [6.07, 6.45) is 4.14. The number of benzene rings is 4. The average Bonchev–Trinajstić information content (AvgIpc) is 3.61. The summed E-state index contributed by atoms with van der Waals surface area (Å²) in [6, 6.07) is 29.2. The highest BCUT2D eigenvalue weighted by atomic mass is 16.5. The molecule has 8 nitrogen and oxygen atoms in total. The molecule has 4 aromatic carbocycles. The van der Waals surface area contributed by atoms with Gasteiger partial charge in [0.25, 0.3) is 0 Å². The first-order valence-corrected chi connectivity index (χ1v) is 15.6. The minimum atomic E-state index is -1.48. The number of carboxylic acid groups (broad SMARTS) is 1. The molecule has 4 aromatic rings. The number of fused-ring (bicyclic) bond motifs is 6. The van der Waals surface area contributed by atoms with Crippen LogP contribution in [0, 0.1) is 5.41 Å². The van der Waals surface area contributed by atoms with Crippen LogP contribution in [0.3, 0.4) is 0 Å². The van der Waals surface area contributed by atoms with Gasteiger partial charge in [0.15, 0.2) is 0 Å². The number of hydrogen-bond acceptors (Lipinski definition) is 7. The third-order valence-electron chi connectivity index (χ3n) is 9.87. The minimum absolute atomic E-state index is 0.0140. The van der Waals surface area contributed by atoms with E-state index in [0.29, 0.717) is 0 Å². The van der Waals surface area contributed by atoms with Crippen LogP contribution in [0.4, 0.5) is 0 Å². The van der Waals surface area contributed by atoms with Crippen LogP contribution in [0.15, 0.2) is 121 Å². The Morgan fingerprint density at radius 2 is 1.02 bits per heavy atom. The number of hydrogen-bond donors (Lipinski definition) is 3. The highest BCUT2D eigenvalue weighted by molar-refractivity contribution is 5.91. The maximum atomic E-state index is 13.7. The number of carbonyl (C=O) groups excluding carboxylic acids is 2. The molecule has 2 unspecified atom stereocenters. The Kier molecular flexibility index (Phi) is 7.83. The van der Waals surface area contributed by atoms with Gasteiger partial charge >= 0.3 is 17.9 Å². The smallest absolute Gasteiger partial charge is 0.335 e. The topological polar surface area (TPSA) is 142 Å². The molecule has 0 heterocycles. The maximum Gasteiger partial charge on any atom is 0.335 e. The van der Waals surface area contributed by atoms with Gasteiger partial charge in [-0.25, -0.2) is 4.79 Å². The van der Waals surface area contributed by atoms with Crippen LogP contribution in [0.25, 0.3) is 22.3 Å². The molecular formula is C39H34N2O6. The Morgan fingerprint density at radius 3 is 1.34 bits per heavy atom. The highest BCUT2D eigenvalue weighted by Gasteiger charge is 2.49. The van der Waals surface area contributed by atoms with Gasteiger partial charge in [0.1, 0.15) is 25.3 Å². The zero-order chi connectivity index (χ0) is 32.7. The molecule has 0 amide bonds. The van der Waals surface area contributed by atoms with E-state index in [1.54, 1.807) is 0 Å². The van der Waals surface area contributed by atoms with Crippen molar-refractivity contribution in [2.24, 2.45) is 16.9 Å². The van der Waals surface area contributed by atoms with E-state index in [1.165, 1.54) is 18.2 Å². The summed E-state index contributed by atoms with van der Waals surface area (Å²) in [5.74, 6) is -3.01. The van der Waals surface area contributed by atoms with Crippen molar-refractivity contribution in [2.45, 2.75) is 30.3 Å². The van der Waals surface area contributed by atoms with Gasteiger partial charge in [0.05, 0.1) is 5.57 Å². The fourth-order valence-corrected chi connectivity index (χ4v) is 7.31. The van der Waals surface area contributed by atoms with Crippen LogP contribution in [0.5, 0.6) is 0 Å². The van der Waals surface area contributed by atoms with Gasteiger partial charge in [0.2, 0.25) is 0 Å². The molecule has 0 radical (unpaired) electrons. The molecule has 0 saturated carbocycles. The highest BCUT2D eigenvalue weighted by Crippen LogP contribution is 2.46. The second-order valence-corrected chi connectivity index (χ2v) is 12.3. The molecule has 3 aliphatic carbocycles. The Bertz CT molecular complexity index is 1750. The lowest BCUT2D eigenvalue weighted by Crippen LogP contribution is -2.60. The van der Waals surface area contributed by atoms with E-state index in [-0.39, 0.29) is 37.0 Å². The Hall–Kier alpha value is -5.31. The van der Waals surface area contributed by atoms with Crippen LogP contribution >= 0.6 is 0 Å². The van der Waals surface area contributed by atoms with Crippen molar-refractivity contribution >= 4 is 17.9 Å². The lowest BCUT2D eigenvalue weighted by atomic mass is 9.69.